The Morgan fingerprint density at radius 1 is 0.682 bits per heavy atom. The quantitative estimate of drug-likeness (QED) is 0.246. The second-order valence-corrected chi connectivity index (χ2v) is 18.2. The third-order valence-corrected chi connectivity index (χ3v) is 13.9. The molecule has 0 radical (unpaired) electrons. The first kappa shape index (κ1) is 34.4. The van der Waals surface area contributed by atoms with Crippen LogP contribution in [-0.4, -0.2) is 3.81 Å². The molecule has 0 atom stereocenters. The summed E-state index contributed by atoms with van der Waals surface area (Å²) in [6.45, 7) is 14.3. The van der Waals surface area contributed by atoms with Gasteiger partial charge < -0.3 is 24.8 Å². The van der Waals surface area contributed by atoms with Crippen LogP contribution in [0.5, 0.6) is 0 Å². The molecule has 0 N–H and O–H groups in total. The van der Waals surface area contributed by atoms with Crippen molar-refractivity contribution in [1.29, 1.82) is 0 Å². The van der Waals surface area contributed by atoms with Crippen molar-refractivity contribution in [1.82, 2.24) is 0 Å². The average molecular weight is 656 g/mol. The number of fused-ring (bicyclic) bond motifs is 3. The van der Waals surface area contributed by atoms with Gasteiger partial charge in [0.25, 0.3) is 0 Å². The summed E-state index contributed by atoms with van der Waals surface area (Å²) in [6.07, 6.45) is 11.4. The molecule has 0 amide bonds. The summed E-state index contributed by atoms with van der Waals surface area (Å²) in [6, 6.07) is 34.6. The van der Waals surface area contributed by atoms with E-state index in [2.05, 4.69) is 151 Å². The van der Waals surface area contributed by atoms with Crippen LogP contribution in [0.25, 0.3) is 11.1 Å². The van der Waals surface area contributed by atoms with Gasteiger partial charge in [-0.05, 0) is 0 Å². The van der Waals surface area contributed by atoms with Crippen molar-refractivity contribution in [3.63, 3.8) is 0 Å². The van der Waals surface area contributed by atoms with E-state index in [1.54, 1.807) is 22.7 Å². The summed E-state index contributed by atoms with van der Waals surface area (Å²) in [5, 5.41) is 0. The molecule has 226 valence electrons. The van der Waals surface area contributed by atoms with Crippen molar-refractivity contribution < 1.29 is 42.2 Å². The summed E-state index contributed by atoms with van der Waals surface area (Å²) in [5.41, 5.74) is 12.1. The van der Waals surface area contributed by atoms with Crippen LogP contribution in [0.2, 0.25) is 0 Å². The molecule has 0 bridgehead atoms. The molecule has 44 heavy (non-hydrogen) atoms. The summed E-state index contributed by atoms with van der Waals surface area (Å²) in [4.78, 5) is 0. The average Bonchev–Trinajstić information content (AvgIpc) is 3.61. The van der Waals surface area contributed by atoms with E-state index in [1.165, 1.54) is 33.4 Å². The Hall–Kier alpha value is -2.48. The van der Waals surface area contributed by atoms with Crippen LogP contribution < -0.4 is 28.7 Å². The minimum absolute atomic E-state index is 0. The van der Waals surface area contributed by atoms with E-state index in [0.29, 0.717) is 0 Å². The number of halogens is 2. The zero-order valence-electron chi connectivity index (χ0n) is 27.0. The van der Waals surface area contributed by atoms with Gasteiger partial charge in [0.15, 0.2) is 0 Å². The molecule has 4 aromatic carbocycles. The molecule has 0 aromatic heterocycles. The van der Waals surface area contributed by atoms with E-state index in [9.17, 15) is 0 Å². The smallest absolute Gasteiger partial charge is 1.00 e. The molecule has 0 spiro atoms. The van der Waals surface area contributed by atoms with E-state index in [1.807, 2.05) is 0 Å². The van der Waals surface area contributed by atoms with Crippen LogP contribution in [0.15, 0.2) is 113 Å². The number of rotatable bonds is 6. The van der Waals surface area contributed by atoms with Gasteiger partial charge in [-0.1, -0.05) is 0 Å². The van der Waals surface area contributed by atoms with Crippen LogP contribution in [0.4, 0.5) is 0 Å². The Morgan fingerprint density at radius 2 is 1.27 bits per heavy atom. The molecular weight excluding hydrogens is 611 g/mol. The molecule has 0 heterocycles. The zero-order chi connectivity index (χ0) is 29.5. The first-order chi connectivity index (χ1) is 20.1. The van der Waals surface area contributed by atoms with E-state index in [4.69, 9.17) is 0 Å². The number of benzene rings is 4. The van der Waals surface area contributed by atoms with Crippen molar-refractivity contribution in [2.24, 2.45) is 0 Å². The van der Waals surface area contributed by atoms with Crippen LogP contribution in [-0.2, 0) is 47.5 Å². The molecule has 0 unspecified atom stereocenters. The molecule has 2 aliphatic rings. The van der Waals surface area contributed by atoms with Gasteiger partial charge >= 0.3 is 261 Å². The molecule has 2 aliphatic carbocycles. The van der Waals surface area contributed by atoms with Gasteiger partial charge in [-0.15, -0.1) is 0 Å². The predicted octanol–water partition coefficient (Wildman–Crippen LogP) is 3.61. The Labute approximate surface area is 283 Å². The third kappa shape index (κ3) is 7.16. The van der Waals surface area contributed by atoms with Gasteiger partial charge in [0.1, 0.15) is 0 Å². The molecule has 0 fully saturated rings. The van der Waals surface area contributed by atoms with E-state index < -0.39 is 17.4 Å². The fraction of sp³-hybridized carbons (Fsp3) is 0.293. The molecule has 3 heteroatoms. The standard InChI is InChI=1S/C21H25.C15H14.C5H5.2ClH.Ti/c1-20(2,3)16-7-9-18-14(12-16)11-15-13-17(21(4,5)6)8-10-19(15)18;1-3-8-14(9-4-1)12-7-13-15-10-5-2-6-11-15;1-2-4-5-3-1;;;/h7-10,12H,11H2,1-6H3;1-6,8-11H,12-13H2;1-3H,4H2;2*1H;/q;;;;;+2/p-2. The molecule has 0 saturated carbocycles. The fourth-order valence-corrected chi connectivity index (χ4v) is 12.6. The summed E-state index contributed by atoms with van der Waals surface area (Å²) in [7, 11) is 0. The minimum atomic E-state index is -2.15. The largest absolute Gasteiger partial charge is 1.00 e. The van der Waals surface area contributed by atoms with E-state index >= 15 is 0 Å². The maximum absolute atomic E-state index is 2.50. The van der Waals surface area contributed by atoms with Crippen molar-refractivity contribution in [3.05, 3.63) is 146 Å². The Balaban J connectivity index is 0.00000221. The third-order valence-electron chi connectivity index (χ3n) is 8.97. The SMILES string of the molecule is CC(C)(C)c1ccc2c(c1)Cc1c-2ccc(C(C)(C)C)[c]1[Ti+2]([C]1=CC=CC1)=[C](Cc1ccccc1)Cc1ccccc1.[Cl-].[Cl-]. The normalized spacial score (nSPS) is 13.2. The van der Waals surface area contributed by atoms with Gasteiger partial charge in [0, 0.05) is 0 Å². The van der Waals surface area contributed by atoms with E-state index in [-0.39, 0.29) is 35.6 Å². The number of hydrogen-bond donors (Lipinski definition) is 0. The van der Waals surface area contributed by atoms with Gasteiger partial charge in [0.2, 0.25) is 0 Å². The monoisotopic (exact) mass is 654 g/mol. The Kier molecular flexibility index (Phi) is 10.9. The first-order valence-electron chi connectivity index (χ1n) is 15.6. The van der Waals surface area contributed by atoms with Crippen LogP contribution in [0.3, 0.4) is 0 Å². The summed E-state index contributed by atoms with van der Waals surface area (Å²) >= 11 is -2.15. The van der Waals surface area contributed by atoms with Crippen LogP contribution in [0, 0.1) is 0 Å². The molecular formula is C41H44Cl2Ti. The zero-order valence-corrected chi connectivity index (χ0v) is 30.1. The van der Waals surface area contributed by atoms with Gasteiger partial charge in [0.05, 0.1) is 0 Å². The van der Waals surface area contributed by atoms with Crippen molar-refractivity contribution in [3.8, 4) is 11.1 Å². The molecule has 0 nitrogen and oxygen atoms in total. The first-order valence-corrected chi connectivity index (χ1v) is 17.9. The maximum atomic E-state index is 2.50. The number of hydrogen-bond acceptors (Lipinski definition) is 0. The molecule has 0 saturated heterocycles. The molecule has 6 rings (SSSR count). The van der Waals surface area contributed by atoms with Crippen LogP contribution in [0.1, 0.15) is 81.3 Å². The Morgan fingerprint density at radius 3 is 1.80 bits per heavy atom. The minimum Gasteiger partial charge on any atom is -1.00 e. The fourth-order valence-electron chi connectivity index (χ4n) is 6.77. The maximum Gasteiger partial charge on any atom is -1.00 e. The van der Waals surface area contributed by atoms with Crippen molar-refractivity contribution >= 4 is 7.68 Å². The predicted molar refractivity (Wildman–Crippen MR) is 179 cm³/mol. The summed E-state index contributed by atoms with van der Waals surface area (Å²) < 4.78 is 5.18. The Bertz CT molecular complexity index is 1670. The van der Waals surface area contributed by atoms with Gasteiger partial charge in [-0.3, -0.25) is 0 Å². The topological polar surface area (TPSA) is 0 Å². The molecule has 0 aliphatic heterocycles. The second-order valence-electron chi connectivity index (χ2n) is 14.2. The number of allylic oxidation sites excluding steroid dienone is 4. The van der Waals surface area contributed by atoms with Crippen LogP contribution >= 0.6 is 0 Å². The van der Waals surface area contributed by atoms with Gasteiger partial charge in [-0.2, -0.15) is 0 Å². The van der Waals surface area contributed by atoms with Gasteiger partial charge in [-0.25, -0.2) is 0 Å². The van der Waals surface area contributed by atoms with E-state index in [0.717, 1.165) is 25.7 Å². The van der Waals surface area contributed by atoms with Crippen molar-refractivity contribution in [2.45, 2.75) is 78.1 Å². The van der Waals surface area contributed by atoms with Crippen molar-refractivity contribution in [2.75, 3.05) is 0 Å². The summed E-state index contributed by atoms with van der Waals surface area (Å²) in [5.74, 6) is 0. The second kappa shape index (κ2) is 13.9. The molecule has 4 aromatic rings.